The van der Waals surface area contributed by atoms with Crippen LogP contribution in [-0.4, -0.2) is 61.2 Å². The molecule has 42 heavy (non-hydrogen) atoms. The second-order valence-corrected chi connectivity index (χ2v) is 15.9. The van der Waals surface area contributed by atoms with Gasteiger partial charge in [-0.15, -0.1) is 11.3 Å². The monoisotopic (exact) mass is 606 g/mol. The number of hydrogen-bond donors (Lipinski definition) is 2. The first-order valence-corrected chi connectivity index (χ1v) is 17.6. The lowest BCUT2D eigenvalue weighted by molar-refractivity contribution is -0.0391. The first-order chi connectivity index (χ1) is 20.2. The molecule has 5 fully saturated rings. The van der Waals surface area contributed by atoms with Gasteiger partial charge in [-0.3, -0.25) is 14.7 Å². The molecule has 4 saturated carbocycles. The van der Waals surface area contributed by atoms with Crippen LogP contribution in [0.15, 0.2) is 54.2 Å². The van der Waals surface area contributed by atoms with Crippen LogP contribution in [0.2, 0.25) is 0 Å². The normalized spacial score (nSPS) is 27.3. The van der Waals surface area contributed by atoms with Gasteiger partial charge in [0.2, 0.25) is 10.0 Å². The van der Waals surface area contributed by atoms with E-state index in [1.165, 1.54) is 30.3 Å². The molecule has 1 aliphatic heterocycles. The molecule has 0 unspecified atom stereocenters. The van der Waals surface area contributed by atoms with Crippen LogP contribution in [0.5, 0.6) is 5.75 Å². The van der Waals surface area contributed by atoms with E-state index in [4.69, 9.17) is 0 Å². The van der Waals surface area contributed by atoms with Crippen molar-refractivity contribution in [3.63, 3.8) is 0 Å². The van der Waals surface area contributed by atoms with E-state index in [-0.39, 0.29) is 16.9 Å². The average Bonchev–Trinajstić information content (AvgIpc) is 3.40. The van der Waals surface area contributed by atoms with Crippen LogP contribution in [0.3, 0.4) is 0 Å². The molecule has 8 rings (SSSR count). The van der Waals surface area contributed by atoms with E-state index in [9.17, 15) is 18.3 Å². The molecule has 8 nitrogen and oxygen atoms in total. The summed E-state index contributed by atoms with van der Waals surface area (Å²) in [5.74, 6) is 1.74. The predicted molar refractivity (Wildman–Crippen MR) is 165 cm³/mol. The van der Waals surface area contributed by atoms with Crippen molar-refractivity contribution < 1.29 is 18.3 Å². The minimum atomic E-state index is -3.70. The molecule has 0 atom stereocenters. The van der Waals surface area contributed by atoms with Crippen molar-refractivity contribution in [3.8, 4) is 16.9 Å². The topological polar surface area (TPSA) is 103 Å². The molecule has 5 aliphatic rings. The predicted octanol–water partition coefficient (Wildman–Crippen LogP) is 5.11. The van der Waals surface area contributed by atoms with Gasteiger partial charge in [-0.1, -0.05) is 0 Å². The number of hydrogen-bond acceptors (Lipinski definition) is 8. The number of nitrogens with one attached hydrogen (secondary N) is 1. The summed E-state index contributed by atoms with van der Waals surface area (Å²) in [6, 6.07) is 11.2. The second kappa shape index (κ2) is 11.0. The van der Waals surface area contributed by atoms with Gasteiger partial charge in [-0.25, -0.2) is 13.1 Å². The molecule has 222 valence electrons. The third-order valence-corrected chi connectivity index (χ3v) is 12.3. The third-order valence-electron chi connectivity index (χ3n) is 9.87. The summed E-state index contributed by atoms with van der Waals surface area (Å²) in [5.41, 5.74) is 3.27. The number of pyridine rings is 1. The van der Waals surface area contributed by atoms with Crippen LogP contribution >= 0.6 is 11.3 Å². The number of amides is 1. The molecule has 1 saturated heterocycles. The number of piperazine rings is 1. The summed E-state index contributed by atoms with van der Waals surface area (Å²) in [6.45, 7) is 4.47. The summed E-state index contributed by atoms with van der Waals surface area (Å²) >= 11 is 1.72. The Morgan fingerprint density at radius 3 is 2.26 bits per heavy atom. The maximum absolute atomic E-state index is 13.1. The Hall–Kier alpha value is -2.95. The number of anilines is 1. The summed E-state index contributed by atoms with van der Waals surface area (Å²) < 4.78 is 28.6. The highest BCUT2D eigenvalue weighted by atomic mass is 32.2. The lowest BCUT2D eigenvalue weighted by atomic mass is 9.50. The fourth-order valence-electron chi connectivity index (χ4n) is 8.51. The van der Waals surface area contributed by atoms with Gasteiger partial charge in [0, 0.05) is 60.6 Å². The Balaban J connectivity index is 0.911. The highest BCUT2D eigenvalue weighted by molar-refractivity contribution is 7.90. The van der Waals surface area contributed by atoms with Crippen LogP contribution in [0.1, 0.15) is 53.8 Å². The minimum absolute atomic E-state index is 0.0808. The van der Waals surface area contributed by atoms with Crippen molar-refractivity contribution in [2.45, 2.75) is 45.1 Å². The van der Waals surface area contributed by atoms with Gasteiger partial charge in [-0.2, -0.15) is 0 Å². The maximum Gasteiger partial charge on any atom is 0.264 e. The van der Waals surface area contributed by atoms with E-state index in [2.05, 4.69) is 31.0 Å². The molecule has 2 aromatic heterocycles. The van der Waals surface area contributed by atoms with Crippen LogP contribution in [0.4, 0.5) is 5.69 Å². The van der Waals surface area contributed by atoms with Gasteiger partial charge < -0.3 is 10.0 Å². The molecule has 10 heteroatoms. The largest absolute Gasteiger partial charge is 0.506 e. The number of aromatic hydroxyl groups is 1. The third kappa shape index (κ3) is 5.94. The van der Waals surface area contributed by atoms with Crippen LogP contribution in [0.25, 0.3) is 11.1 Å². The summed E-state index contributed by atoms with van der Waals surface area (Å²) in [6.07, 6.45) is 10.0. The number of aromatic nitrogens is 1. The van der Waals surface area contributed by atoms with Gasteiger partial charge >= 0.3 is 0 Å². The Bertz CT molecular complexity index is 1530. The van der Waals surface area contributed by atoms with Crippen molar-refractivity contribution in [1.29, 1.82) is 0 Å². The summed E-state index contributed by atoms with van der Waals surface area (Å²) in [5, 5.41) is 11.8. The van der Waals surface area contributed by atoms with E-state index in [1.54, 1.807) is 35.7 Å². The van der Waals surface area contributed by atoms with Crippen LogP contribution in [0, 0.1) is 23.2 Å². The number of benzene rings is 1. The Kier molecular flexibility index (Phi) is 7.27. The number of rotatable bonds is 8. The van der Waals surface area contributed by atoms with Crippen molar-refractivity contribution in [2.75, 3.05) is 36.8 Å². The zero-order chi connectivity index (χ0) is 28.9. The summed E-state index contributed by atoms with van der Waals surface area (Å²) in [4.78, 5) is 23.0. The number of carbonyl (C=O) groups excluding carboxylic acids is 1. The lowest BCUT2D eigenvalue weighted by Crippen LogP contribution is -2.51. The van der Waals surface area contributed by atoms with Gasteiger partial charge in [0.1, 0.15) is 5.75 Å². The van der Waals surface area contributed by atoms with Gasteiger partial charge in [0.15, 0.2) is 0 Å². The van der Waals surface area contributed by atoms with E-state index in [1.807, 2.05) is 12.1 Å². The zero-order valence-corrected chi connectivity index (χ0v) is 25.4. The molecule has 1 amide bonds. The van der Waals surface area contributed by atoms with Crippen LogP contribution < -0.4 is 9.62 Å². The highest BCUT2D eigenvalue weighted by Gasteiger charge is 2.52. The molecule has 4 aliphatic carbocycles. The average molecular weight is 607 g/mol. The molecule has 3 aromatic rings. The SMILES string of the molecule is O=C(NS(=O)(=O)CC12CC3CC(CC(C3)C1)C2)c1ccc(N2CCN(Cc3cc(-c4cncc(O)c4)cs3)CC2)cc1. The fourth-order valence-corrected chi connectivity index (χ4v) is 11.1. The molecular weight excluding hydrogens is 569 g/mol. The lowest BCUT2D eigenvalue weighted by Gasteiger charge is -2.56. The van der Waals surface area contributed by atoms with Gasteiger partial charge in [0.05, 0.1) is 11.9 Å². The van der Waals surface area contributed by atoms with E-state index < -0.39 is 15.9 Å². The van der Waals surface area contributed by atoms with Crippen molar-refractivity contribution >= 4 is 33.0 Å². The standard InChI is InChI=1S/C32H38N4O4S2/c37-29-12-26(17-33-18-29)27-13-30(41-20-27)19-35-5-7-36(8-6-35)28-3-1-25(2-4-28)31(38)34-42(39,40)21-32-14-22-9-23(15-32)11-24(10-22)16-32/h1-4,12-13,17-18,20,22-24,37H,5-11,14-16,19,21H2,(H,34,38). The van der Waals surface area contributed by atoms with E-state index in [0.29, 0.717) is 23.3 Å². The maximum atomic E-state index is 13.1. The number of nitrogens with zero attached hydrogens (tertiary/aromatic N) is 3. The van der Waals surface area contributed by atoms with Crippen LogP contribution in [-0.2, 0) is 16.6 Å². The molecule has 0 radical (unpaired) electrons. The first-order valence-electron chi connectivity index (χ1n) is 15.0. The second-order valence-electron chi connectivity index (χ2n) is 13.2. The molecule has 4 bridgehead atoms. The molecular formula is C32H38N4O4S2. The molecule has 3 heterocycles. The van der Waals surface area contributed by atoms with E-state index in [0.717, 1.165) is 68.8 Å². The Labute approximate surface area is 251 Å². The Morgan fingerprint density at radius 1 is 0.952 bits per heavy atom. The van der Waals surface area contributed by atoms with Crippen molar-refractivity contribution in [1.82, 2.24) is 14.6 Å². The van der Waals surface area contributed by atoms with E-state index >= 15 is 0 Å². The number of sulfonamides is 1. The highest BCUT2D eigenvalue weighted by Crippen LogP contribution is 2.60. The minimum Gasteiger partial charge on any atom is -0.506 e. The van der Waals surface area contributed by atoms with Crippen molar-refractivity contribution in [3.05, 3.63) is 64.6 Å². The molecule has 0 spiro atoms. The quantitative estimate of drug-likeness (QED) is 0.367. The number of carbonyl (C=O) groups is 1. The van der Waals surface area contributed by atoms with Gasteiger partial charge in [0.25, 0.3) is 5.91 Å². The smallest absolute Gasteiger partial charge is 0.264 e. The molecule has 2 N–H and O–H groups in total. The summed E-state index contributed by atoms with van der Waals surface area (Å²) in [7, 11) is -3.70. The Morgan fingerprint density at radius 2 is 1.62 bits per heavy atom. The first kappa shape index (κ1) is 27.9. The zero-order valence-electron chi connectivity index (χ0n) is 23.7. The van der Waals surface area contributed by atoms with Crippen molar-refractivity contribution in [2.24, 2.45) is 23.2 Å². The fraction of sp³-hybridized carbons (Fsp3) is 0.500. The number of thiophene rings is 1. The van der Waals surface area contributed by atoms with Gasteiger partial charge in [-0.05, 0) is 109 Å². The molecule has 1 aromatic carbocycles.